The predicted molar refractivity (Wildman–Crippen MR) is 95.6 cm³/mol. The predicted octanol–water partition coefficient (Wildman–Crippen LogP) is 4.44. The molecular formula is C17H15BrN4O2. The summed E-state index contributed by atoms with van der Waals surface area (Å²) in [5.41, 5.74) is 2.24. The number of halogens is 1. The van der Waals surface area contributed by atoms with Crippen LogP contribution in [0.4, 0.5) is 17.3 Å². The summed E-state index contributed by atoms with van der Waals surface area (Å²) >= 11 is 3.41. The van der Waals surface area contributed by atoms with Crippen LogP contribution in [0, 0.1) is 13.8 Å². The fraction of sp³-hybridized carbons (Fsp3) is 0.118. The number of aromatic nitrogens is 2. The fourth-order valence-corrected chi connectivity index (χ4v) is 2.63. The number of carbonyl (C=O) groups is 1. The molecule has 3 aromatic rings. The summed E-state index contributed by atoms with van der Waals surface area (Å²) in [6.45, 7) is 3.74. The number of pyridine rings is 1. The molecule has 0 saturated carbocycles. The average molecular weight is 387 g/mol. The van der Waals surface area contributed by atoms with Crippen molar-refractivity contribution in [2.45, 2.75) is 13.8 Å². The highest BCUT2D eigenvalue weighted by Crippen LogP contribution is 2.21. The Bertz CT molecular complexity index is 892. The number of benzene rings is 1. The Balaban J connectivity index is 1.76. The summed E-state index contributed by atoms with van der Waals surface area (Å²) in [7, 11) is 0. The minimum Gasteiger partial charge on any atom is -0.360 e. The highest BCUT2D eigenvalue weighted by molar-refractivity contribution is 9.10. The van der Waals surface area contributed by atoms with Crippen LogP contribution in [0.1, 0.15) is 21.7 Å². The molecule has 0 unspecified atom stereocenters. The second kappa shape index (κ2) is 6.84. The van der Waals surface area contributed by atoms with E-state index in [2.05, 4.69) is 36.7 Å². The summed E-state index contributed by atoms with van der Waals surface area (Å²) in [5.74, 6) is 1.55. The quantitative estimate of drug-likeness (QED) is 0.692. The third-order valence-electron chi connectivity index (χ3n) is 3.34. The molecule has 1 aromatic carbocycles. The van der Waals surface area contributed by atoms with Gasteiger partial charge >= 0.3 is 0 Å². The highest BCUT2D eigenvalue weighted by Gasteiger charge is 2.10. The zero-order chi connectivity index (χ0) is 17.1. The molecule has 0 fully saturated rings. The molecule has 6 nitrogen and oxygen atoms in total. The average Bonchev–Trinajstić information content (AvgIpc) is 2.95. The van der Waals surface area contributed by atoms with Crippen LogP contribution in [0.5, 0.6) is 0 Å². The van der Waals surface area contributed by atoms with Crippen LogP contribution in [0.3, 0.4) is 0 Å². The van der Waals surface area contributed by atoms with E-state index in [0.717, 1.165) is 15.7 Å². The van der Waals surface area contributed by atoms with E-state index in [9.17, 15) is 4.79 Å². The number of nitrogens with one attached hydrogen (secondary N) is 2. The van der Waals surface area contributed by atoms with E-state index in [4.69, 9.17) is 4.52 Å². The maximum Gasteiger partial charge on any atom is 0.255 e. The Hall–Kier alpha value is -2.67. The molecule has 0 spiro atoms. The molecule has 0 radical (unpaired) electrons. The third kappa shape index (κ3) is 3.80. The summed E-state index contributed by atoms with van der Waals surface area (Å²) in [6.07, 6.45) is 1.57. The van der Waals surface area contributed by atoms with Crippen molar-refractivity contribution >= 4 is 39.2 Å². The number of anilines is 3. The Morgan fingerprint density at radius 1 is 1.12 bits per heavy atom. The van der Waals surface area contributed by atoms with Crippen molar-refractivity contribution in [2.24, 2.45) is 0 Å². The molecule has 1 amide bonds. The fourth-order valence-electron chi connectivity index (χ4n) is 2.16. The first kappa shape index (κ1) is 16.2. The lowest BCUT2D eigenvalue weighted by Crippen LogP contribution is -2.13. The lowest BCUT2D eigenvalue weighted by Gasteiger charge is -2.09. The number of amides is 1. The van der Waals surface area contributed by atoms with E-state index in [1.54, 1.807) is 31.3 Å². The number of rotatable bonds is 4. The molecule has 2 N–H and O–H groups in total. The van der Waals surface area contributed by atoms with Crippen molar-refractivity contribution in [1.82, 2.24) is 10.1 Å². The highest BCUT2D eigenvalue weighted by atomic mass is 79.9. The molecule has 2 aromatic heterocycles. The summed E-state index contributed by atoms with van der Waals surface area (Å²) in [4.78, 5) is 16.6. The maximum absolute atomic E-state index is 12.4. The van der Waals surface area contributed by atoms with Gasteiger partial charge in [0.2, 0.25) is 0 Å². The molecule has 0 bridgehead atoms. The second-order valence-corrected chi connectivity index (χ2v) is 6.21. The van der Waals surface area contributed by atoms with E-state index in [1.165, 1.54) is 0 Å². The van der Waals surface area contributed by atoms with Gasteiger partial charge in [-0.15, -0.1) is 0 Å². The molecular weight excluding hydrogens is 372 g/mol. The van der Waals surface area contributed by atoms with Gasteiger partial charge < -0.3 is 15.2 Å². The molecule has 24 heavy (non-hydrogen) atoms. The van der Waals surface area contributed by atoms with Crippen LogP contribution in [0.2, 0.25) is 0 Å². The van der Waals surface area contributed by atoms with Crippen LogP contribution >= 0.6 is 15.9 Å². The topological polar surface area (TPSA) is 80.0 Å². The Morgan fingerprint density at radius 2 is 1.96 bits per heavy atom. The van der Waals surface area contributed by atoms with E-state index < -0.39 is 0 Å². The van der Waals surface area contributed by atoms with E-state index >= 15 is 0 Å². The van der Waals surface area contributed by atoms with Crippen molar-refractivity contribution in [3.05, 3.63) is 64.0 Å². The number of aryl methyl sites for hydroxylation is 2. The number of nitrogens with zero attached hydrogens (tertiary/aromatic N) is 2. The first-order chi connectivity index (χ1) is 11.5. The largest absolute Gasteiger partial charge is 0.360 e. The molecule has 3 rings (SSSR count). The molecule has 2 heterocycles. The van der Waals surface area contributed by atoms with Crippen LogP contribution in [0.15, 0.2) is 51.6 Å². The number of hydrogen-bond acceptors (Lipinski definition) is 5. The van der Waals surface area contributed by atoms with Gasteiger partial charge in [-0.2, -0.15) is 0 Å². The first-order valence-electron chi connectivity index (χ1n) is 7.25. The lowest BCUT2D eigenvalue weighted by molar-refractivity contribution is 0.102. The lowest BCUT2D eigenvalue weighted by atomic mass is 10.2. The number of hydrogen-bond donors (Lipinski definition) is 2. The zero-order valence-electron chi connectivity index (χ0n) is 13.1. The second-order valence-electron chi connectivity index (χ2n) is 5.29. The Labute approximate surface area is 147 Å². The van der Waals surface area contributed by atoms with Crippen LogP contribution in [0.25, 0.3) is 0 Å². The van der Waals surface area contributed by atoms with Crippen molar-refractivity contribution in [3.8, 4) is 0 Å². The van der Waals surface area contributed by atoms with Gasteiger partial charge in [-0.05, 0) is 49.7 Å². The van der Waals surface area contributed by atoms with Crippen LogP contribution in [-0.2, 0) is 0 Å². The van der Waals surface area contributed by atoms with Gasteiger partial charge in [0.25, 0.3) is 5.91 Å². The van der Waals surface area contributed by atoms with Gasteiger partial charge in [0.05, 0.1) is 0 Å². The molecule has 0 aliphatic heterocycles. The van der Waals surface area contributed by atoms with Crippen LogP contribution in [-0.4, -0.2) is 16.0 Å². The summed E-state index contributed by atoms with van der Waals surface area (Å²) in [6, 6.07) is 10.8. The van der Waals surface area contributed by atoms with Crippen molar-refractivity contribution in [2.75, 3.05) is 10.6 Å². The summed E-state index contributed by atoms with van der Waals surface area (Å²) in [5, 5.41) is 9.74. The van der Waals surface area contributed by atoms with E-state index in [-0.39, 0.29) is 5.91 Å². The van der Waals surface area contributed by atoms with Crippen LogP contribution < -0.4 is 10.6 Å². The Kier molecular flexibility index (Phi) is 4.61. The van der Waals surface area contributed by atoms with E-state index in [0.29, 0.717) is 23.0 Å². The molecule has 0 saturated heterocycles. The molecule has 7 heteroatoms. The SMILES string of the molecule is Cc1cc(Nc2cc(C(=O)Nc3ccc(Br)cc3C)ccn2)no1. The maximum atomic E-state index is 12.4. The Morgan fingerprint density at radius 3 is 2.67 bits per heavy atom. The van der Waals surface area contributed by atoms with E-state index in [1.807, 2.05) is 25.1 Å². The smallest absolute Gasteiger partial charge is 0.255 e. The van der Waals surface area contributed by atoms with Crippen molar-refractivity contribution in [1.29, 1.82) is 0 Å². The normalized spacial score (nSPS) is 10.5. The summed E-state index contributed by atoms with van der Waals surface area (Å²) < 4.78 is 5.96. The van der Waals surface area contributed by atoms with Gasteiger partial charge in [-0.3, -0.25) is 4.79 Å². The van der Waals surface area contributed by atoms with Gasteiger partial charge in [0.1, 0.15) is 11.6 Å². The minimum absolute atomic E-state index is 0.206. The van der Waals surface area contributed by atoms with Gasteiger partial charge in [0, 0.05) is 28.0 Å². The van der Waals surface area contributed by atoms with Crippen molar-refractivity contribution < 1.29 is 9.32 Å². The third-order valence-corrected chi connectivity index (χ3v) is 3.84. The molecule has 0 aliphatic carbocycles. The standard InChI is InChI=1S/C17H15BrN4O2/c1-10-7-13(18)3-4-14(10)20-17(23)12-5-6-19-15(9-12)21-16-8-11(2)24-22-16/h3-9H,1-2H3,(H,20,23)(H,19,21,22). The number of carbonyl (C=O) groups excluding carboxylic acids is 1. The zero-order valence-corrected chi connectivity index (χ0v) is 14.7. The van der Waals surface area contributed by atoms with Gasteiger partial charge in [0.15, 0.2) is 5.82 Å². The first-order valence-corrected chi connectivity index (χ1v) is 8.04. The minimum atomic E-state index is -0.206. The van der Waals surface area contributed by atoms with Gasteiger partial charge in [-0.25, -0.2) is 4.98 Å². The molecule has 0 aliphatic rings. The molecule has 0 atom stereocenters. The van der Waals surface area contributed by atoms with Crippen molar-refractivity contribution in [3.63, 3.8) is 0 Å². The molecule has 122 valence electrons. The monoisotopic (exact) mass is 386 g/mol. The van der Waals surface area contributed by atoms with Gasteiger partial charge in [-0.1, -0.05) is 21.1 Å².